The number of carbonyl (C=O) groups is 2. The molecule has 0 saturated carbocycles. The fraction of sp³-hybridized carbons (Fsp3) is 0.238. The second-order valence-electron chi connectivity index (χ2n) is 6.77. The van der Waals surface area contributed by atoms with Crippen molar-refractivity contribution < 1.29 is 14.3 Å². The Balaban J connectivity index is 1.56. The fourth-order valence-electron chi connectivity index (χ4n) is 3.29. The van der Waals surface area contributed by atoms with Gasteiger partial charge in [0.2, 0.25) is 5.91 Å². The summed E-state index contributed by atoms with van der Waals surface area (Å²) in [5.74, 6) is -0.505. The zero-order valence-electron chi connectivity index (χ0n) is 15.9. The van der Waals surface area contributed by atoms with Gasteiger partial charge in [-0.2, -0.15) is 0 Å². The molecule has 29 heavy (non-hydrogen) atoms. The SMILES string of the molecule is Cc1ncsc1C(=O)N1CCOC(c2cccc(-c3cccc(C(N)=O)c3)n2)C1. The molecule has 4 rings (SSSR count). The molecule has 0 bridgehead atoms. The smallest absolute Gasteiger partial charge is 0.266 e. The van der Waals surface area contributed by atoms with Crippen LogP contribution in [0, 0.1) is 6.92 Å². The molecule has 0 spiro atoms. The summed E-state index contributed by atoms with van der Waals surface area (Å²) >= 11 is 1.36. The van der Waals surface area contributed by atoms with E-state index >= 15 is 0 Å². The van der Waals surface area contributed by atoms with E-state index in [0.29, 0.717) is 30.1 Å². The van der Waals surface area contributed by atoms with Crippen molar-refractivity contribution >= 4 is 23.2 Å². The summed E-state index contributed by atoms with van der Waals surface area (Å²) in [6.07, 6.45) is -0.319. The maximum atomic E-state index is 12.8. The number of rotatable bonds is 4. The first-order valence-electron chi connectivity index (χ1n) is 9.21. The predicted octanol–water partition coefficient (Wildman–Crippen LogP) is 2.83. The molecule has 8 heteroatoms. The minimum absolute atomic E-state index is 0.0244. The van der Waals surface area contributed by atoms with Crippen molar-refractivity contribution in [1.29, 1.82) is 0 Å². The van der Waals surface area contributed by atoms with E-state index in [4.69, 9.17) is 15.5 Å². The topological polar surface area (TPSA) is 98.4 Å². The highest BCUT2D eigenvalue weighted by atomic mass is 32.1. The molecule has 148 valence electrons. The minimum atomic E-state index is -0.480. The number of hydrogen-bond donors (Lipinski definition) is 1. The highest BCUT2D eigenvalue weighted by Gasteiger charge is 2.28. The number of thiazole rings is 1. The van der Waals surface area contributed by atoms with Crippen LogP contribution in [0.2, 0.25) is 0 Å². The molecule has 0 radical (unpaired) electrons. The molecule has 1 aliphatic rings. The van der Waals surface area contributed by atoms with Crippen molar-refractivity contribution in [2.45, 2.75) is 13.0 Å². The quantitative estimate of drug-likeness (QED) is 0.716. The molecule has 1 unspecified atom stereocenters. The Morgan fingerprint density at radius 3 is 2.83 bits per heavy atom. The van der Waals surface area contributed by atoms with Gasteiger partial charge in [-0.3, -0.25) is 9.59 Å². The normalized spacial score (nSPS) is 16.6. The summed E-state index contributed by atoms with van der Waals surface area (Å²) < 4.78 is 5.90. The van der Waals surface area contributed by atoms with Gasteiger partial charge in [-0.25, -0.2) is 9.97 Å². The van der Waals surface area contributed by atoms with E-state index < -0.39 is 5.91 Å². The van der Waals surface area contributed by atoms with E-state index in [1.807, 2.05) is 31.2 Å². The van der Waals surface area contributed by atoms with E-state index in [1.165, 1.54) is 11.3 Å². The van der Waals surface area contributed by atoms with Crippen molar-refractivity contribution in [3.8, 4) is 11.3 Å². The third-order valence-electron chi connectivity index (χ3n) is 4.84. The highest BCUT2D eigenvalue weighted by Crippen LogP contribution is 2.26. The van der Waals surface area contributed by atoms with Crippen LogP contribution < -0.4 is 5.73 Å². The molecule has 1 fully saturated rings. The first-order valence-corrected chi connectivity index (χ1v) is 10.1. The third kappa shape index (κ3) is 4.03. The van der Waals surface area contributed by atoms with Crippen LogP contribution in [0.5, 0.6) is 0 Å². The maximum Gasteiger partial charge on any atom is 0.266 e. The van der Waals surface area contributed by atoms with E-state index in [0.717, 1.165) is 22.6 Å². The Morgan fingerprint density at radius 1 is 1.24 bits per heavy atom. The van der Waals surface area contributed by atoms with Gasteiger partial charge < -0.3 is 15.4 Å². The largest absolute Gasteiger partial charge is 0.368 e. The van der Waals surface area contributed by atoms with Crippen LogP contribution in [0.15, 0.2) is 48.0 Å². The number of pyridine rings is 1. The van der Waals surface area contributed by atoms with Crippen molar-refractivity contribution in [2.75, 3.05) is 19.7 Å². The number of carbonyl (C=O) groups excluding carboxylic acids is 2. The van der Waals surface area contributed by atoms with Gasteiger partial charge in [-0.1, -0.05) is 18.2 Å². The van der Waals surface area contributed by atoms with Crippen LogP contribution in [0.3, 0.4) is 0 Å². The number of nitrogens with zero attached hydrogens (tertiary/aromatic N) is 3. The van der Waals surface area contributed by atoms with Gasteiger partial charge in [0, 0.05) is 17.7 Å². The fourth-order valence-corrected chi connectivity index (χ4v) is 4.06. The number of morpholine rings is 1. The molecule has 1 atom stereocenters. The number of nitrogens with two attached hydrogens (primary N) is 1. The number of aryl methyl sites for hydroxylation is 1. The molecule has 1 aromatic carbocycles. The summed E-state index contributed by atoms with van der Waals surface area (Å²) in [5, 5.41) is 0. The Labute approximate surface area is 172 Å². The molecule has 3 aromatic rings. The van der Waals surface area contributed by atoms with Crippen LogP contribution in [-0.2, 0) is 4.74 Å². The summed E-state index contributed by atoms with van der Waals surface area (Å²) in [6, 6.07) is 12.7. The lowest BCUT2D eigenvalue weighted by Gasteiger charge is -2.32. The third-order valence-corrected chi connectivity index (χ3v) is 5.75. The van der Waals surface area contributed by atoms with Gasteiger partial charge in [0.15, 0.2) is 0 Å². The average molecular weight is 408 g/mol. The number of primary amides is 1. The van der Waals surface area contributed by atoms with Gasteiger partial charge >= 0.3 is 0 Å². The molecular formula is C21H20N4O3S. The second kappa shape index (κ2) is 8.10. The van der Waals surface area contributed by atoms with Crippen molar-refractivity contribution in [3.63, 3.8) is 0 Å². The van der Waals surface area contributed by atoms with Gasteiger partial charge in [-0.05, 0) is 31.2 Å². The minimum Gasteiger partial charge on any atom is -0.368 e. The number of amides is 2. The second-order valence-corrected chi connectivity index (χ2v) is 7.63. The molecule has 1 aliphatic heterocycles. The van der Waals surface area contributed by atoms with Gasteiger partial charge in [0.25, 0.3) is 5.91 Å². The Hall–Kier alpha value is -3.10. The van der Waals surface area contributed by atoms with E-state index in [9.17, 15) is 9.59 Å². The summed E-state index contributed by atoms with van der Waals surface area (Å²) in [4.78, 5) is 35.6. The lowest BCUT2D eigenvalue weighted by molar-refractivity contribution is -0.0245. The zero-order chi connectivity index (χ0) is 20.4. The molecule has 2 N–H and O–H groups in total. The molecule has 1 saturated heterocycles. The number of hydrogen-bond acceptors (Lipinski definition) is 6. The average Bonchev–Trinajstić information content (AvgIpc) is 3.19. The molecular weight excluding hydrogens is 388 g/mol. The molecule has 7 nitrogen and oxygen atoms in total. The lowest BCUT2D eigenvalue weighted by atomic mass is 10.1. The van der Waals surface area contributed by atoms with Gasteiger partial charge in [0.05, 0.1) is 35.7 Å². The maximum absolute atomic E-state index is 12.8. The van der Waals surface area contributed by atoms with Crippen molar-refractivity contribution in [1.82, 2.24) is 14.9 Å². The summed E-state index contributed by atoms with van der Waals surface area (Å²) in [5.41, 5.74) is 10.5. The highest BCUT2D eigenvalue weighted by molar-refractivity contribution is 7.11. The number of benzene rings is 1. The van der Waals surface area contributed by atoms with Crippen LogP contribution >= 0.6 is 11.3 Å². The van der Waals surface area contributed by atoms with E-state index in [2.05, 4.69) is 4.98 Å². The first-order chi connectivity index (χ1) is 14.0. The van der Waals surface area contributed by atoms with E-state index in [1.54, 1.807) is 28.6 Å². The van der Waals surface area contributed by atoms with Crippen molar-refractivity contribution in [2.24, 2.45) is 5.73 Å². The first kappa shape index (κ1) is 19.2. The van der Waals surface area contributed by atoms with Gasteiger partial charge in [0.1, 0.15) is 11.0 Å². The number of ether oxygens (including phenoxy) is 1. The van der Waals surface area contributed by atoms with Crippen LogP contribution in [-0.4, -0.2) is 46.4 Å². The Morgan fingerprint density at radius 2 is 2.07 bits per heavy atom. The predicted molar refractivity (Wildman–Crippen MR) is 110 cm³/mol. The Kier molecular flexibility index (Phi) is 5.37. The van der Waals surface area contributed by atoms with E-state index in [-0.39, 0.29) is 12.0 Å². The molecule has 3 heterocycles. The van der Waals surface area contributed by atoms with Crippen molar-refractivity contribution in [3.05, 3.63) is 69.8 Å². The monoisotopic (exact) mass is 408 g/mol. The van der Waals surface area contributed by atoms with Crippen LogP contribution in [0.1, 0.15) is 37.5 Å². The standard InChI is InChI=1S/C21H20N4O3S/c1-13-19(29-12-23-13)21(27)25-8-9-28-18(11-25)17-7-3-6-16(24-17)14-4-2-5-15(10-14)20(22)26/h2-7,10,12,18H,8-9,11H2,1H3,(H2,22,26). The van der Waals surface area contributed by atoms with Gasteiger partial charge in [-0.15, -0.1) is 11.3 Å². The molecule has 2 amide bonds. The summed E-state index contributed by atoms with van der Waals surface area (Å²) in [6.45, 7) is 3.24. The molecule has 0 aliphatic carbocycles. The summed E-state index contributed by atoms with van der Waals surface area (Å²) in [7, 11) is 0. The Bertz CT molecular complexity index is 1070. The lowest BCUT2D eigenvalue weighted by Crippen LogP contribution is -2.42. The van der Waals surface area contributed by atoms with Crippen LogP contribution in [0.4, 0.5) is 0 Å². The van der Waals surface area contributed by atoms with Crippen LogP contribution in [0.25, 0.3) is 11.3 Å². The molecule has 2 aromatic heterocycles. The number of aromatic nitrogens is 2. The zero-order valence-corrected chi connectivity index (χ0v) is 16.7.